The lowest BCUT2D eigenvalue weighted by atomic mass is 9.78. The molecule has 142 valence electrons. The zero-order valence-corrected chi connectivity index (χ0v) is 16.5. The lowest BCUT2D eigenvalue weighted by molar-refractivity contribution is -0.151. The van der Waals surface area contributed by atoms with Gasteiger partial charge in [0.2, 0.25) is 0 Å². The highest BCUT2D eigenvalue weighted by atomic mass is 16.7. The predicted octanol–water partition coefficient (Wildman–Crippen LogP) is 3.91. The molecule has 0 bridgehead atoms. The lowest BCUT2D eigenvalue weighted by Crippen LogP contribution is -2.30. The van der Waals surface area contributed by atoms with Crippen LogP contribution in [0.1, 0.15) is 58.2 Å². The summed E-state index contributed by atoms with van der Waals surface area (Å²) < 4.78 is 4.53. The maximum atomic E-state index is 12.3. The molecule has 0 aromatic heterocycles. The van der Waals surface area contributed by atoms with Gasteiger partial charge in [-0.05, 0) is 34.6 Å². The average molecular weight is 361 g/mol. The van der Waals surface area contributed by atoms with Crippen molar-refractivity contribution in [1.82, 2.24) is 5.06 Å². The first kappa shape index (κ1) is 20.0. The zero-order chi connectivity index (χ0) is 19.9. The second kappa shape index (κ2) is 6.76. The van der Waals surface area contributed by atoms with Gasteiger partial charge in [0, 0.05) is 16.7 Å². The van der Waals surface area contributed by atoms with Gasteiger partial charge in [0.25, 0.3) is 5.91 Å². The maximum absolute atomic E-state index is 12.3. The van der Waals surface area contributed by atoms with Crippen LogP contribution in [0.3, 0.4) is 0 Å². The number of hydroxylamine groups is 2. The van der Waals surface area contributed by atoms with Gasteiger partial charge in [-0.2, -0.15) is 0 Å². The Hall–Kier alpha value is -2.34. The Bertz CT molecular complexity index is 730. The van der Waals surface area contributed by atoms with E-state index >= 15 is 0 Å². The molecular formula is C20H27NO5. The van der Waals surface area contributed by atoms with Crippen LogP contribution < -0.4 is 0 Å². The summed E-state index contributed by atoms with van der Waals surface area (Å²) >= 11 is 0. The third-order valence-electron chi connectivity index (χ3n) is 4.24. The fourth-order valence-corrected chi connectivity index (χ4v) is 2.79. The molecule has 26 heavy (non-hydrogen) atoms. The van der Waals surface area contributed by atoms with Crippen LogP contribution in [0.5, 0.6) is 5.75 Å². The highest BCUT2D eigenvalue weighted by molar-refractivity contribution is 6.05. The number of hydrogen-bond donors (Lipinski definition) is 1. The molecule has 2 amide bonds. The Morgan fingerprint density at radius 2 is 1.65 bits per heavy atom. The molecule has 2 rings (SSSR count). The summed E-state index contributed by atoms with van der Waals surface area (Å²) in [5.41, 5.74) is 2.18. The average Bonchev–Trinajstić information content (AvgIpc) is 2.87. The number of carbonyl (C=O) groups is 2. The largest absolute Gasteiger partial charge is 0.507 e. The Morgan fingerprint density at radius 1 is 1.15 bits per heavy atom. The van der Waals surface area contributed by atoms with Crippen molar-refractivity contribution < 1.29 is 24.3 Å². The number of hydrogen-bond acceptors (Lipinski definition) is 5. The van der Waals surface area contributed by atoms with Crippen LogP contribution in [0.2, 0.25) is 0 Å². The van der Waals surface area contributed by atoms with Crippen molar-refractivity contribution in [3.8, 4) is 5.75 Å². The second-order valence-electron chi connectivity index (χ2n) is 8.48. The number of amides is 2. The van der Waals surface area contributed by atoms with Crippen molar-refractivity contribution in [2.45, 2.75) is 52.4 Å². The van der Waals surface area contributed by atoms with Crippen LogP contribution in [0.15, 0.2) is 17.7 Å². The SMILES string of the molecule is COC(=O)N1OC/C(=C\c2cc(C(C)(C)C)c(O)c(C(C)(C)C)c2)C1=O. The van der Waals surface area contributed by atoms with E-state index < -0.39 is 12.0 Å². The second-order valence-corrected chi connectivity index (χ2v) is 8.48. The molecule has 6 nitrogen and oxygen atoms in total. The summed E-state index contributed by atoms with van der Waals surface area (Å²) in [5.74, 6) is -0.267. The zero-order valence-electron chi connectivity index (χ0n) is 16.5. The summed E-state index contributed by atoms with van der Waals surface area (Å²) in [4.78, 5) is 29.0. The monoisotopic (exact) mass is 361 g/mol. The summed E-state index contributed by atoms with van der Waals surface area (Å²) in [5, 5.41) is 11.4. The van der Waals surface area contributed by atoms with E-state index in [9.17, 15) is 14.7 Å². The first-order valence-electron chi connectivity index (χ1n) is 8.50. The number of carbonyl (C=O) groups excluding carboxylic acids is 2. The number of benzene rings is 1. The number of phenols is 1. The third-order valence-corrected chi connectivity index (χ3v) is 4.24. The van der Waals surface area contributed by atoms with E-state index in [1.54, 1.807) is 6.08 Å². The standard InChI is InChI=1S/C20H27NO5/c1-19(2,3)14-9-12(10-15(16(14)22)20(4,5)6)8-13-11-26-21(17(13)23)18(24)25-7/h8-10,22H,11H2,1-7H3/b13-8+. The molecule has 1 heterocycles. The van der Waals surface area contributed by atoms with Crippen LogP contribution in [-0.4, -0.2) is 35.9 Å². The molecule has 6 heteroatoms. The normalized spacial score (nSPS) is 17.1. The van der Waals surface area contributed by atoms with Gasteiger partial charge in [-0.25, -0.2) is 4.79 Å². The van der Waals surface area contributed by atoms with Crippen LogP contribution in [-0.2, 0) is 25.2 Å². The van der Waals surface area contributed by atoms with Gasteiger partial charge in [-0.1, -0.05) is 41.5 Å². The molecule has 1 aliphatic heterocycles. The smallest absolute Gasteiger partial charge is 0.441 e. The van der Waals surface area contributed by atoms with Gasteiger partial charge in [-0.15, -0.1) is 5.06 Å². The molecule has 0 aliphatic carbocycles. The highest BCUT2D eigenvalue weighted by Gasteiger charge is 2.34. The minimum atomic E-state index is -0.852. The molecule has 1 aromatic rings. The number of imide groups is 1. The van der Waals surface area contributed by atoms with Crippen molar-refractivity contribution in [1.29, 1.82) is 0 Å². The van der Waals surface area contributed by atoms with Crippen molar-refractivity contribution in [3.63, 3.8) is 0 Å². The van der Waals surface area contributed by atoms with E-state index in [2.05, 4.69) is 4.74 Å². The van der Waals surface area contributed by atoms with E-state index in [0.717, 1.165) is 16.7 Å². The lowest BCUT2D eigenvalue weighted by Gasteiger charge is -2.28. The van der Waals surface area contributed by atoms with Crippen molar-refractivity contribution in [2.75, 3.05) is 13.7 Å². The first-order valence-corrected chi connectivity index (χ1v) is 8.50. The van der Waals surface area contributed by atoms with E-state index in [1.807, 2.05) is 53.7 Å². The number of ether oxygens (including phenoxy) is 1. The van der Waals surface area contributed by atoms with Gasteiger partial charge in [-0.3, -0.25) is 9.63 Å². The van der Waals surface area contributed by atoms with Crippen LogP contribution >= 0.6 is 0 Å². The molecule has 0 saturated carbocycles. The van der Waals surface area contributed by atoms with Crippen molar-refractivity contribution >= 4 is 18.1 Å². The Labute approximate surface area is 154 Å². The van der Waals surface area contributed by atoms with Gasteiger partial charge in [0.15, 0.2) is 0 Å². The summed E-state index contributed by atoms with van der Waals surface area (Å²) in [6.07, 6.45) is 0.838. The molecule has 1 saturated heterocycles. The summed E-state index contributed by atoms with van der Waals surface area (Å²) in [6, 6.07) is 3.73. The molecule has 1 fully saturated rings. The Balaban J connectivity index is 2.54. The Morgan fingerprint density at radius 3 is 2.08 bits per heavy atom. The number of methoxy groups -OCH3 is 1. The van der Waals surface area contributed by atoms with Gasteiger partial charge < -0.3 is 9.84 Å². The van der Waals surface area contributed by atoms with E-state index in [-0.39, 0.29) is 23.2 Å². The third kappa shape index (κ3) is 3.90. The molecule has 1 aromatic carbocycles. The first-order chi connectivity index (χ1) is 11.9. The van der Waals surface area contributed by atoms with Crippen LogP contribution in [0, 0.1) is 0 Å². The van der Waals surface area contributed by atoms with Gasteiger partial charge in [0.1, 0.15) is 12.4 Å². The van der Waals surface area contributed by atoms with Gasteiger partial charge in [0.05, 0.1) is 7.11 Å². The molecule has 1 N–H and O–H groups in total. The fraction of sp³-hybridized carbons (Fsp3) is 0.500. The predicted molar refractivity (Wildman–Crippen MR) is 98.7 cm³/mol. The summed E-state index contributed by atoms with van der Waals surface area (Å²) in [7, 11) is 1.19. The minimum absolute atomic E-state index is 0.00941. The maximum Gasteiger partial charge on any atom is 0.441 e. The highest BCUT2D eigenvalue weighted by Crippen LogP contribution is 2.40. The quantitative estimate of drug-likeness (QED) is 0.768. The van der Waals surface area contributed by atoms with Crippen LogP contribution in [0.4, 0.5) is 4.79 Å². The molecular weight excluding hydrogens is 334 g/mol. The van der Waals surface area contributed by atoms with E-state index in [4.69, 9.17) is 4.84 Å². The Kier molecular flexibility index (Phi) is 5.19. The number of aromatic hydroxyl groups is 1. The van der Waals surface area contributed by atoms with Gasteiger partial charge >= 0.3 is 6.09 Å². The van der Waals surface area contributed by atoms with Crippen molar-refractivity contribution in [3.05, 3.63) is 34.4 Å². The molecule has 1 aliphatic rings. The number of nitrogens with zero attached hydrogens (tertiary/aromatic N) is 1. The molecule has 0 unspecified atom stereocenters. The minimum Gasteiger partial charge on any atom is -0.507 e. The topological polar surface area (TPSA) is 76.1 Å². The molecule has 0 spiro atoms. The van der Waals surface area contributed by atoms with Crippen LogP contribution in [0.25, 0.3) is 6.08 Å². The van der Waals surface area contributed by atoms with E-state index in [0.29, 0.717) is 10.6 Å². The van der Waals surface area contributed by atoms with Crippen molar-refractivity contribution in [2.24, 2.45) is 0 Å². The molecule has 0 radical (unpaired) electrons. The molecule has 0 atom stereocenters. The number of phenolic OH excluding ortho intramolecular Hbond substituents is 1. The summed E-state index contributed by atoms with van der Waals surface area (Å²) in [6.45, 7) is 12.1. The fourth-order valence-electron chi connectivity index (χ4n) is 2.79. The number of rotatable bonds is 1. The van der Waals surface area contributed by atoms with E-state index in [1.165, 1.54) is 7.11 Å².